The number of benzene rings is 1. The zero-order valence-corrected chi connectivity index (χ0v) is 11.4. The van der Waals surface area contributed by atoms with Crippen molar-refractivity contribution >= 4 is 0 Å². The molecule has 3 atom stereocenters. The molecule has 1 aromatic carbocycles. The van der Waals surface area contributed by atoms with Crippen molar-refractivity contribution in [3.63, 3.8) is 0 Å². The molecule has 3 heteroatoms. The minimum atomic E-state index is 0.135. The van der Waals surface area contributed by atoms with E-state index in [0.717, 1.165) is 24.6 Å². The Morgan fingerprint density at radius 2 is 1.72 bits per heavy atom. The number of hydrogen-bond acceptors (Lipinski definition) is 3. The first-order chi connectivity index (χ1) is 8.47. The highest BCUT2D eigenvalue weighted by Gasteiger charge is 2.26. The topological polar surface area (TPSA) is 43.7 Å². The fraction of sp³-hybridized carbons (Fsp3) is 0.600. The Balaban J connectivity index is 2.13. The van der Waals surface area contributed by atoms with Crippen LogP contribution >= 0.6 is 0 Å². The first-order valence-electron chi connectivity index (χ1n) is 6.74. The molecule has 1 fully saturated rings. The van der Waals surface area contributed by atoms with Crippen LogP contribution in [0.5, 0.6) is 11.5 Å². The van der Waals surface area contributed by atoms with Crippen LogP contribution in [0.3, 0.4) is 0 Å². The summed E-state index contributed by atoms with van der Waals surface area (Å²) in [5, 5.41) is 19.1. The molecule has 3 unspecified atom stereocenters. The van der Waals surface area contributed by atoms with Crippen LogP contribution in [0.4, 0.5) is 0 Å². The molecule has 18 heavy (non-hydrogen) atoms. The molecule has 0 radical (unpaired) electrons. The second-order valence-electron chi connectivity index (χ2n) is 5.70. The van der Waals surface area contributed by atoms with Crippen molar-refractivity contribution in [2.24, 2.45) is 11.8 Å². The van der Waals surface area contributed by atoms with E-state index in [9.17, 15) is 10.2 Å². The van der Waals surface area contributed by atoms with Crippen LogP contribution in [0, 0.1) is 11.8 Å². The number of aromatic hydroxyl groups is 2. The number of nitrogens with zero attached hydrogens (tertiary/aromatic N) is 1. The lowest BCUT2D eigenvalue weighted by atomic mass is 9.87. The number of likely N-dealkylation sites (tertiary alicyclic amines) is 1. The minimum Gasteiger partial charge on any atom is -0.508 e. The molecule has 0 amide bonds. The van der Waals surface area contributed by atoms with Crippen molar-refractivity contribution in [1.82, 2.24) is 4.90 Å². The number of rotatable bonds is 2. The number of hydrogen-bond donors (Lipinski definition) is 2. The van der Waals surface area contributed by atoms with Crippen molar-refractivity contribution in [3.05, 3.63) is 23.8 Å². The third-order valence-electron chi connectivity index (χ3n) is 4.32. The largest absolute Gasteiger partial charge is 0.508 e. The highest BCUT2D eigenvalue weighted by atomic mass is 16.3. The lowest BCUT2D eigenvalue weighted by Crippen LogP contribution is -2.39. The van der Waals surface area contributed by atoms with Gasteiger partial charge in [-0.05, 0) is 49.4 Å². The highest BCUT2D eigenvalue weighted by molar-refractivity contribution is 5.38. The Morgan fingerprint density at radius 1 is 1.11 bits per heavy atom. The quantitative estimate of drug-likeness (QED) is 0.846. The molecular weight excluding hydrogens is 226 g/mol. The second-order valence-corrected chi connectivity index (χ2v) is 5.70. The van der Waals surface area contributed by atoms with Crippen molar-refractivity contribution in [2.75, 3.05) is 13.1 Å². The van der Waals surface area contributed by atoms with Crippen LogP contribution < -0.4 is 0 Å². The van der Waals surface area contributed by atoms with Crippen molar-refractivity contribution in [1.29, 1.82) is 0 Å². The van der Waals surface area contributed by atoms with Crippen LogP contribution in [0.15, 0.2) is 18.2 Å². The van der Waals surface area contributed by atoms with Crippen molar-refractivity contribution in [2.45, 2.75) is 33.2 Å². The summed E-state index contributed by atoms with van der Waals surface area (Å²) in [6.45, 7) is 8.91. The summed E-state index contributed by atoms with van der Waals surface area (Å²) in [6.07, 6.45) is 1.22. The Hall–Kier alpha value is -1.22. The zero-order valence-electron chi connectivity index (χ0n) is 11.4. The van der Waals surface area contributed by atoms with Crippen LogP contribution in [0.2, 0.25) is 0 Å². The van der Waals surface area contributed by atoms with E-state index in [-0.39, 0.29) is 17.5 Å². The lowest BCUT2D eigenvalue weighted by molar-refractivity contribution is 0.102. The van der Waals surface area contributed by atoms with Gasteiger partial charge in [-0.1, -0.05) is 13.8 Å². The maximum atomic E-state index is 9.56. The smallest absolute Gasteiger partial charge is 0.119 e. The standard InChI is InChI=1S/C15H23NO2/c1-10-4-5-16(9-11(10)2)12(3)13-6-14(17)8-15(18)7-13/h6-8,10-12,17-18H,4-5,9H2,1-3H3. The third kappa shape index (κ3) is 2.78. The Kier molecular flexibility index (Phi) is 3.81. The highest BCUT2D eigenvalue weighted by Crippen LogP contribution is 2.32. The fourth-order valence-electron chi connectivity index (χ4n) is 2.72. The average molecular weight is 249 g/mol. The van der Waals surface area contributed by atoms with Gasteiger partial charge in [0, 0.05) is 18.7 Å². The summed E-state index contributed by atoms with van der Waals surface area (Å²) in [4.78, 5) is 2.43. The second kappa shape index (κ2) is 5.19. The van der Waals surface area contributed by atoms with E-state index in [2.05, 4.69) is 25.7 Å². The molecule has 1 heterocycles. The zero-order chi connectivity index (χ0) is 13.3. The normalized spacial score (nSPS) is 27.1. The Bertz CT molecular complexity index is 399. The molecule has 0 aromatic heterocycles. The molecular formula is C15H23NO2. The first kappa shape index (κ1) is 13.2. The molecule has 1 aromatic rings. The molecule has 0 aliphatic carbocycles. The minimum absolute atomic E-state index is 0.135. The molecule has 1 aliphatic heterocycles. The van der Waals surface area contributed by atoms with Gasteiger partial charge < -0.3 is 10.2 Å². The Labute approximate surface area is 109 Å². The number of phenols is 2. The van der Waals surface area contributed by atoms with Gasteiger partial charge in [0.2, 0.25) is 0 Å². The van der Waals surface area contributed by atoms with Crippen LogP contribution in [0.25, 0.3) is 0 Å². The van der Waals surface area contributed by atoms with Crippen LogP contribution in [-0.4, -0.2) is 28.2 Å². The monoisotopic (exact) mass is 249 g/mol. The number of piperidine rings is 1. The number of phenolic OH excluding ortho intramolecular Hbond substituents is 2. The predicted molar refractivity (Wildman–Crippen MR) is 72.7 cm³/mol. The molecule has 3 nitrogen and oxygen atoms in total. The molecule has 1 aliphatic rings. The van der Waals surface area contributed by atoms with Crippen LogP contribution in [0.1, 0.15) is 38.8 Å². The van der Waals surface area contributed by atoms with Gasteiger partial charge in [0.1, 0.15) is 11.5 Å². The molecule has 2 rings (SSSR count). The Morgan fingerprint density at radius 3 is 2.28 bits per heavy atom. The summed E-state index contributed by atoms with van der Waals surface area (Å²) < 4.78 is 0. The van der Waals surface area contributed by atoms with E-state index in [0.29, 0.717) is 5.92 Å². The van der Waals surface area contributed by atoms with Gasteiger partial charge in [-0.3, -0.25) is 4.90 Å². The lowest BCUT2D eigenvalue weighted by Gasteiger charge is -2.39. The summed E-state index contributed by atoms with van der Waals surface area (Å²) >= 11 is 0. The van der Waals surface area contributed by atoms with Crippen molar-refractivity contribution in [3.8, 4) is 11.5 Å². The first-order valence-corrected chi connectivity index (χ1v) is 6.74. The summed E-state index contributed by atoms with van der Waals surface area (Å²) in [6, 6.07) is 5.09. The maximum absolute atomic E-state index is 9.56. The van der Waals surface area contributed by atoms with E-state index in [1.54, 1.807) is 12.1 Å². The van der Waals surface area contributed by atoms with Gasteiger partial charge in [-0.2, -0.15) is 0 Å². The third-order valence-corrected chi connectivity index (χ3v) is 4.32. The van der Waals surface area contributed by atoms with Gasteiger partial charge in [0.15, 0.2) is 0 Å². The molecule has 2 N–H and O–H groups in total. The van der Waals surface area contributed by atoms with E-state index < -0.39 is 0 Å². The average Bonchev–Trinajstić information content (AvgIpc) is 2.30. The van der Waals surface area contributed by atoms with Gasteiger partial charge in [0.05, 0.1) is 0 Å². The van der Waals surface area contributed by atoms with E-state index in [4.69, 9.17) is 0 Å². The predicted octanol–water partition coefficient (Wildman–Crippen LogP) is 3.14. The van der Waals surface area contributed by atoms with Crippen LogP contribution in [-0.2, 0) is 0 Å². The molecule has 0 bridgehead atoms. The molecule has 100 valence electrons. The van der Waals surface area contributed by atoms with Gasteiger partial charge in [-0.25, -0.2) is 0 Å². The fourth-order valence-corrected chi connectivity index (χ4v) is 2.72. The molecule has 0 spiro atoms. The van der Waals surface area contributed by atoms with Crippen molar-refractivity contribution < 1.29 is 10.2 Å². The molecule has 1 saturated heterocycles. The summed E-state index contributed by atoms with van der Waals surface area (Å²) in [5.41, 5.74) is 0.981. The van der Waals surface area contributed by atoms with E-state index >= 15 is 0 Å². The SMILES string of the molecule is CC1CCN(C(C)c2cc(O)cc(O)c2)CC1C. The van der Waals surface area contributed by atoms with E-state index in [1.807, 2.05) is 0 Å². The van der Waals surface area contributed by atoms with Gasteiger partial charge >= 0.3 is 0 Å². The summed E-state index contributed by atoms with van der Waals surface area (Å²) in [5.74, 6) is 1.75. The summed E-state index contributed by atoms with van der Waals surface area (Å²) in [7, 11) is 0. The maximum Gasteiger partial charge on any atom is 0.119 e. The van der Waals surface area contributed by atoms with Gasteiger partial charge in [-0.15, -0.1) is 0 Å². The molecule has 0 saturated carbocycles. The van der Waals surface area contributed by atoms with E-state index in [1.165, 1.54) is 12.5 Å². The van der Waals surface area contributed by atoms with Gasteiger partial charge in [0.25, 0.3) is 0 Å².